The number of aryl methyl sites for hydroxylation is 1. The molecule has 0 radical (unpaired) electrons. The molecule has 0 spiro atoms. The molecule has 0 bridgehead atoms. The molecule has 0 unspecified atom stereocenters. The van der Waals surface area contributed by atoms with Crippen molar-refractivity contribution in [1.82, 2.24) is 5.43 Å². The normalized spacial score (nSPS) is 10.6. The van der Waals surface area contributed by atoms with Gasteiger partial charge in [-0.1, -0.05) is 24.3 Å². The van der Waals surface area contributed by atoms with Crippen LogP contribution >= 0.6 is 11.3 Å². The molecule has 0 saturated heterocycles. The third kappa shape index (κ3) is 5.52. The molecular formula is C21H19N3O3S. The monoisotopic (exact) mass is 393 g/mol. The van der Waals surface area contributed by atoms with Gasteiger partial charge in [0, 0.05) is 5.69 Å². The smallest absolute Gasteiger partial charge is 0.353 e. The zero-order valence-electron chi connectivity index (χ0n) is 15.2. The van der Waals surface area contributed by atoms with Gasteiger partial charge in [-0.2, -0.15) is 5.10 Å². The predicted molar refractivity (Wildman–Crippen MR) is 111 cm³/mol. The fourth-order valence-corrected chi connectivity index (χ4v) is 2.94. The average Bonchev–Trinajstić information content (AvgIpc) is 3.24. The van der Waals surface area contributed by atoms with E-state index in [1.807, 2.05) is 36.6 Å². The van der Waals surface area contributed by atoms with Gasteiger partial charge in [0.1, 0.15) is 10.6 Å². The van der Waals surface area contributed by atoms with E-state index in [1.54, 1.807) is 36.4 Å². The van der Waals surface area contributed by atoms with Crippen LogP contribution in [0.15, 0.2) is 71.1 Å². The van der Waals surface area contributed by atoms with Crippen molar-refractivity contribution >= 4 is 35.1 Å². The lowest BCUT2D eigenvalue weighted by Gasteiger charge is -2.07. The SMILES string of the molecule is Cc1ccccc1NCC(=O)NN=Cc1ccc(OC(=O)c2cccs2)cc1. The van der Waals surface area contributed by atoms with Crippen LogP contribution in [0.2, 0.25) is 0 Å². The van der Waals surface area contributed by atoms with Crippen molar-refractivity contribution in [2.24, 2.45) is 5.10 Å². The number of rotatable bonds is 7. The van der Waals surface area contributed by atoms with Gasteiger partial charge in [0.05, 0.1) is 12.8 Å². The predicted octanol–water partition coefficient (Wildman–Crippen LogP) is 3.84. The summed E-state index contributed by atoms with van der Waals surface area (Å²) in [7, 11) is 0. The van der Waals surface area contributed by atoms with Gasteiger partial charge in [-0.05, 0) is 59.8 Å². The first-order valence-electron chi connectivity index (χ1n) is 8.59. The van der Waals surface area contributed by atoms with Crippen molar-refractivity contribution in [1.29, 1.82) is 0 Å². The highest BCUT2D eigenvalue weighted by Crippen LogP contribution is 2.16. The van der Waals surface area contributed by atoms with Crippen molar-refractivity contribution in [2.45, 2.75) is 6.92 Å². The maximum atomic E-state index is 11.9. The Balaban J connectivity index is 1.46. The van der Waals surface area contributed by atoms with Crippen molar-refractivity contribution in [2.75, 3.05) is 11.9 Å². The molecule has 1 amide bonds. The lowest BCUT2D eigenvalue weighted by atomic mass is 10.2. The largest absolute Gasteiger partial charge is 0.422 e. The van der Waals surface area contributed by atoms with Gasteiger partial charge in [0.25, 0.3) is 5.91 Å². The molecule has 2 aromatic carbocycles. The molecular weight excluding hydrogens is 374 g/mol. The topological polar surface area (TPSA) is 79.8 Å². The molecule has 7 heteroatoms. The summed E-state index contributed by atoms with van der Waals surface area (Å²) in [6, 6.07) is 18.1. The van der Waals surface area contributed by atoms with Gasteiger partial charge < -0.3 is 10.1 Å². The van der Waals surface area contributed by atoms with Gasteiger partial charge in [-0.3, -0.25) is 4.79 Å². The van der Waals surface area contributed by atoms with Gasteiger partial charge in [-0.25, -0.2) is 10.2 Å². The molecule has 1 heterocycles. The highest BCUT2D eigenvalue weighted by molar-refractivity contribution is 7.12. The molecule has 0 aliphatic rings. The van der Waals surface area contributed by atoms with Gasteiger partial charge in [0.15, 0.2) is 0 Å². The molecule has 0 aliphatic heterocycles. The van der Waals surface area contributed by atoms with Crippen LogP contribution in [0.25, 0.3) is 0 Å². The number of carbonyl (C=O) groups excluding carboxylic acids is 2. The van der Waals surface area contributed by atoms with Crippen LogP contribution in [0.5, 0.6) is 5.75 Å². The number of esters is 1. The second kappa shape index (κ2) is 9.48. The maximum absolute atomic E-state index is 11.9. The number of thiophene rings is 1. The number of benzene rings is 2. The van der Waals surface area contributed by atoms with Crippen LogP contribution in [0, 0.1) is 6.92 Å². The van der Waals surface area contributed by atoms with Crippen molar-refractivity contribution in [3.05, 3.63) is 82.0 Å². The summed E-state index contributed by atoms with van der Waals surface area (Å²) in [5, 5.41) is 8.82. The number of nitrogens with zero attached hydrogens (tertiary/aromatic N) is 1. The van der Waals surface area contributed by atoms with Crippen molar-refractivity contribution in [3.63, 3.8) is 0 Å². The number of amides is 1. The minimum Gasteiger partial charge on any atom is -0.422 e. The number of hydrogen-bond donors (Lipinski definition) is 2. The molecule has 1 aromatic heterocycles. The standard InChI is InChI=1S/C21H19N3O3S/c1-15-5-2-3-6-18(15)22-14-20(25)24-23-13-16-8-10-17(11-9-16)27-21(26)19-7-4-12-28-19/h2-13,22H,14H2,1H3,(H,24,25). The number of nitrogens with one attached hydrogen (secondary N) is 2. The summed E-state index contributed by atoms with van der Waals surface area (Å²) in [6.07, 6.45) is 1.52. The number of carbonyl (C=O) groups is 2. The minimum atomic E-state index is -0.384. The molecule has 0 saturated carbocycles. The number of ether oxygens (including phenoxy) is 1. The molecule has 0 fully saturated rings. The van der Waals surface area contributed by atoms with E-state index < -0.39 is 0 Å². The molecule has 6 nitrogen and oxygen atoms in total. The Morgan fingerprint density at radius 3 is 2.57 bits per heavy atom. The van der Waals surface area contributed by atoms with E-state index in [4.69, 9.17) is 4.74 Å². The van der Waals surface area contributed by atoms with E-state index >= 15 is 0 Å². The zero-order chi connectivity index (χ0) is 19.8. The molecule has 3 rings (SSSR count). The van der Waals surface area contributed by atoms with Crippen LogP contribution in [0.4, 0.5) is 5.69 Å². The molecule has 3 aromatic rings. The highest BCUT2D eigenvalue weighted by atomic mass is 32.1. The molecule has 2 N–H and O–H groups in total. The summed E-state index contributed by atoms with van der Waals surface area (Å²) >= 11 is 1.33. The molecule has 0 atom stereocenters. The van der Waals surface area contributed by atoms with Crippen molar-refractivity contribution in [3.8, 4) is 5.75 Å². The Bertz CT molecular complexity index is 967. The third-order valence-electron chi connectivity index (χ3n) is 3.80. The number of hydrogen-bond acceptors (Lipinski definition) is 6. The Labute approximate surface area is 166 Å². The summed E-state index contributed by atoms with van der Waals surface area (Å²) < 4.78 is 5.29. The van der Waals surface area contributed by atoms with E-state index in [2.05, 4.69) is 15.8 Å². The van der Waals surface area contributed by atoms with Crippen LogP contribution in [0.1, 0.15) is 20.8 Å². The van der Waals surface area contributed by atoms with Crippen LogP contribution in [-0.4, -0.2) is 24.6 Å². The Hall–Kier alpha value is -3.45. The summed E-state index contributed by atoms with van der Waals surface area (Å²) in [4.78, 5) is 24.3. The first-order chi connectivity index (χ1) is 13.6. The molecule has 0 aliphatic carbocycles. The molecule has 28 heavy (non-hydrogen) atoms. The van der Waals surface area contributed by atoms with Crippen LogP contribution in [0.3, 0.4) is 0 Å². The summed E-state index contributed by atoms with van der Waals surface area (Å²) in [5.74, 6) is -0.187. The lowest BCUT2D eigenvalue weighted by molar-refractivity contribution is -0.119. The third-order valence-corrected chi connectivity index (χ3v) is 4.65. The average molecular weight is 393 g/mol. The van der Waals surface area contributed by atoms with E-state index in [1.165, 1.54) is 17.6 Å². The van der Waals surface area contributed by atoms with E-state index in [9.17, 15) is 9.59 Å². The fourth-order valence-electron chi connectivity index (χ4n) is 2.34. The second-order valence-electron chi connectivity index (χ2n) is 5.90. The number of para-hydroxylation sites is 1. The lowest BCUT2D eigenvalue weighted by Crippen LogP contribution is -2.26. The Morgan fingerprint density at radius 2 is 1.86 bits per heavy atom. The second-order valence-corrected chi connectivity index (χ2v) is 6.85. The van der Waals surface area contributed by atoms with E-state index in [-0.39, 0.29) is 18.4 Å². The van der Waals surface area contributed by atoms with E-state index in [0.29, 0.717) is 10.6 Å². The maximum Gasteiger partial charge on any atom is 0.353 e. The van der Waals surface area contributed by atoms with E-state index in [0.717, 1.165) is 16.8 Å². The highest BCUT2D eigenvalue weighted by Gasteiger charge is 2.09. The van der Waals surface area contributed by atoms with Crippen LogP contribution in [-0.2, 0) is 4.79 Å². The summed E-state index contributed by atoms with van der Waals surface area (Å²) in [6.45, 7) is 2.10. The Kier molecular flexibility index (Phi) is 6.54. The zero-order valence-corrected chi connectivity index (χ0v) is 16.0. The van der Waals surface area contributed by atoms with Gasteiger partial charge in [-0.15, -0.1) is 11.3 Å². The Morgan fingerprint density at radius 1 is 1.07 bits per heavy atom. The van der Waals surface area contributed by atoms with Crippen LogP contribution < -0.4 is 15.5 Å². The summed E-state index contributed by atoms with van der Waals surface area (Å²) in [5.41, 5.74) is 5.22. The quantitative estimate of drug-likeness (QED) is 0.277. The van der Waals surface area contributed by atoms with Gasteiger partial charge in [0.2, 0.25) is 0 Å². The van der Waals surface area contributed by atoms with Crippen molar-refractivity contribution < 1.29 is 14.3 Å². The first kappa shape index (κ1) is 19.3. The van der Waals surface area contributed by atoms with Gasteiger partial charge >= 0.3 is 5.97 Å². The minimum absolute atomic E-state index is 0.125. The number of anilines is 1. The fraction of sp³-hybridized carbons (Fsp3) is 0.0952. The first-order valence-corrected chi connectivity index (χ1v) is 9.47. The number of hydrazone groups is 1. The molecule has 142 valence electrons.